The first kappa shape index (κ1) is 25.3. The fourth-order valence-corrected chi connectivity index (χ4v) is 3.30. The lowest BCUT2D eigenvalue weighted by molar-refractivity contribution is -0.192. The number of aliphatic carboxylic acids is 1. The van der Waals surface area contributed by atoms with Crippen LogP contribution in [-0.2, 0) is 16.0 Å². The highest BCUT2D eigenvalue weighted by molar-refractivity contribution is 5.96. The number of aromatic amines is 1. The number of anilines is 1. The Labute approximate surface area is 198 Å². The van der Waals surface area contributed by atoms with E-state index in [1.54, 1.807) is 12.4 Å². The maximum atomic E-state index is 12.6. The monoisotopic (exact) mass is 485 g/mol. The summed E-state index contributed by atoms with van der Waals surface area (Å²) in [5.41, 5.74) is 4.82. The number of carbonyl (C=O) groups is 2. The molecule has 0 saturated carbocycles. The first-order chi connectivity index (χ1) is 16.5. The van der Waals surface area contributed by atoms with Gasteiger partial charge in [-0.15, -0.1) is 0 Å². The second-order valence-corrected chi connectivity index (χ2v) is 7.57. The van der Waals surface area contributed by atoms with Gasteiger partial charge in [0.15, 0.2) is 0 Å². The molecule has 0 spiro atoms. The van der Waals surface area contributed by atoms with Gasteiger partial charge in [0.1, 0.15) is 11.5 Å². The zero-order chi connectivity index (χ0) is 25.6. The van der Waals surface area contributed by atoms with Crippen molar-refractivity contribution in [1.29, 1.82) is 0 Å². The second-order valence-electron chi connectivity index (χ2n) is 7.57. The van der Waals surface area contributed by atoms with Crippen LogP contribution < -0.4 is 10.1 Å². The van der Waals surface area contributed by atoms with Crippen molar-refractivity contribution in [3.8, 4) is 11.5 Å². The fourth-order valence-electron chi connectivity index (χ4n) is 3.30. The average Bonchev–Trinajstić information content (AvgIpc) is 3.11. The molecule has 0 aliphatic rings. The number of ether oxygens (including phenoxy) is 1. The van der Waals surface area contributed by atoms with Gasteiger partial charge >= 0.3 is 12.1 Å². The molecular formula is C25H22F3N3O4. The number of alkyl halides is 3. The van der Waals surface area contributed by atoms with E-state index in [1.807, 2.05) is 68.4 Å². The minimum atomic E-state index is -5.08. The summed E-state index contributed by atoms with van der Waals surface area (Å²) >= 11 is 0. The smallest absolute Gasteiger partial charge is 0.475 e. The van der Waals surface area contributed by atoms with Crippen molar-refractivity contribution < 1.29 is 32.6 Å². The Morgan fingerprint density at radius 2 is 1.77 bits per heavy atom. The molecule has 0 aliphatic heterocycles. The number of nitrogens with zero attached hydrogens (tertiary/aromatic N) is 1. The Hall–Kier alpha value is -4.34. The minimum Gasteiger partial charge on any atom is -0.475 e. The van der Waals surface area contributed by atoms with Crippen LogP contribution in [-0.4, -0.2) is 33.1 Å². The number of halogens is 3. The molecule has 2 aromatic carbocycles. The Bertz CT molecular complexity index is 1340. The van der Waals surface area contributed by atoms with Gasteiger partial charge in [-0.05, 0) is 61.4 Å². The number of amides is 1. The Morgan fingerprint density at radius 1 is 1.06 bits per heavy atom. The lowest BCUT2D eigenvalue weighted by atomic mass is 10.1. The van der Waals surface area contributed by atoms with E-state index in [2.05, 4.69) is 15.3 Å². The summed E-state index contributed by atoms with van der Waals surface area (Å²) in [6, 6.07) is 17.3. The summed E-state index contributed by atoms with van der Waals surface area (Å²) < 4.78 is 37.5. The van der Waals surface area contributed by atoms with Crippen molar-refractivity contribution in [1.82, 2.24) is 9.97 Å². The number of carbonyl (C=O) groups excluding carboxylic acids is 1. The number of pyridine rings is 1. The number of carboxylic acid groups (broad SMARTS) is 1. The van der Waals surface area contributed by atoms with Gasteiger partial charge in [0.05, 0.1) is 12.6 Å². The number of hydrogen-bond donors (Lipinski definition) is 3. The van der Waals surface area contributed by atoms with Crippen LogP contribution in [0.2, 0.25) is 0 Å². The van der Waals surface area contributed by atoms with Gasteiger partial charge < -0.3 is 20.1 Å². The number of para-hydroxylation sites is 1. The van der Waals surface area contributed by atoms with E-state index in [0.717, 1.165) is 33.4 Å². The van der Waals surface area contributed by atoms with E-state index in [-0.39, 0.29) is 5.91 Å². The van der Waals surface area contributed by atoms with Gasteiger partial charge in [-0.2, -0.15) is 13.2 Å². The molecule has 35 heavy (non-hydrogen) atoms. The van der Waals surface area contributed by atoms with Crippen molar-refractivity contribution in [2.45, 2.75) is 26.4 Å². The highest BCUT2D eigenvalue weighted by Gasteiger charge is 2.38. The van der Waals surface area contributed by atoms with E-state index in [9.17, 15) is 18.0 Å². The third-order valence-corrected chi connectivity index (χ3v) is 4.95. The number of carboxylic acids is 1. The van der Waals surface area contributed by atoms with Gasteiger partial charge in [-0.3, -0.25) is 9.78 Å². The summed E-state index contributed by atoms with van der Waals surface area (Å²) in [5, 5.41) is 11.2. The molecule has 2 aromatic heterocycles. The predicted octanol–water partition coefficient (Wildman–Crippen LogP) is 5.79. The number of hydrogen-bond acceptors (Lipinski definition) is 4. The molecule has 0 unspecified atom stereocenters. The highest BCUT2D eigenvalue weighted by atomic mass is 19.4. The van der Waals surface area contributed by atoms with E-state index in [4.69, 9.17) is 14.6 Å². The zero-order valence-corrected chi connectivity index (χ0v) is 18.8. The Balaban J connectivity index is 0.000000429. The van der Waals surface area contributed by atoms with Crippen molar-refractivity contribution in [2.24, 2.45) is 0 Å². The van der Waals surface area contributed by atoms with Crippen molar-refractivity contribution in [3.63, 3.8) is 0 Å². The van der Waals surface area contributed by atoms with Gasteiger partial charge in [-0.1, -0.05) is 18.2 Å². The largest absolute Gasteiger partial charge is 0.490 e. The number of benzene rings is 2. The first-order valence-electron chi connectivity index (χ1n) is 10.4. The lowest BCUT2D eigenvalue weighted by Gasteiger charge is -2.11. The van der Waals surface area contributed by atoms with Crippen molar-refractivity contribution >= 4 is 28.5 Å². The van der Waals surface area contributed by atoms with Crippen LogP contribution in [0.25, 0.3) is 10.9 Å². The molecule has 0 atom stereocenters. The molecule has 7 nitrogen and oxygen atoms in total. The van der Waals surface area contributed by atoms with Crippen molar-refractivity contribution in [3.05, 3.63) is 83.8 Å². The molecule has 3 N–H and O–H groups in total. The maximum Gasteiger partial charge on any atom is 0.490 e. The van der Waals surface area contributed by atoms with Crippen LogP contribution in [0.5, 0.6) is 11.5 Å². The molecule has 0 aliphatic carbocycles. The second kappa shape index (κ2) is 10.7. The summed E-state index contributed by atoms with van der Waals surface area (Å²) in [5.74, 6) is -1.42. The Morgan fingerprint density at radius 3 is 2.40 bits per heavy atom. The first-order valence-corrected chi connectivity index (χ1v) is 10.4. The van der Waals surface area contributed by atoms with Gasteiger partial charge in [0.2, 0.25) is 5.91 Å². The normalized spacial score (nSPS) is 10.9. The molecule has 182 valence electrons. The molecule has 0 saturated heterocycles. The lowest BCUT2D eigenvalue weighted by Crippen LogP contribution is -2.21. The SMILES string of the molecule is Cc1cc(Oc2cccnc2)ccc1NC(=O)Cc1c(C)[nH]c2ccccc12.O=C(O)C(F)(F)F. The summed E-state index contributed by atoms with van der Waals surface area (Å²) in [4.78, 5) is 28.9. The number of nitrogens with one attached hydrogen (secondary N) is 2. The van der Waals surface area contributed by atoms with Crippen LogP contribution in [0.3, 0.4) is 0 Å². The summed E-state index contributed by atoms with van der Waals surface area (Å²) in [7, 11) is 0. The fraction of sp³-hybridized carbons (Fsp3) is 0.160. The van der Waals surface area contributed by atoms with E-state index < -0.39 is 12.1 Å². The van der Waals surface area contributed by atoms with E-state index >= 15 is 0 Å². The molecule has 10 heteroatoms. The standard InChI is InChI=1S/C23H21N3O2.C2HF3O2/c1-15-12-17(28-18-6-5-11-24-14-18)9-10-21(15)26-23(27)13-20-16(2)25-22-8-4-3-7-19(20)22;3-2(4,5)1(6)7/h3-12,14,25H,13H2,1-2H3,(H,26,27);(H,6,7). The molecule has 0 fully saturated rings. The topological polar surface area (TPSA) is 104 Å². The highest BCUT2D eigenvalue weighted by Crippen LogP contribution is 2.27. The van der Waals surface area contributed by atoms with Crippen LogP contribution in [0.4, 0.5) is 18.9 Å². The molecule has 4 rings (SSSR count). The molecule has 1 amide bonds. The third kappa shape index (κ3) is 6.83. The molecular weight excluding hydrogens is 463 g/mol. The zero-order valence-electron chi connectivity index (χ0n) is 18.8. The van der Waals surface area contributed by atoms with Gasteiger partial charge in [0.25, 0.3) is 0 Å². The third-order valence-electron chi connectivity index (χ3n) is 4.95. The van der Waals surface area contributed by atoms with E-state index in [0.29, 0.717) is 17.9 Å². The van der Waals surface area contributed by atoms with Crippen LogP contribution in [0, 0.1) is 13.8 Å². The number of aryl methyl sites for hydroxylation is 2. The molecule has 4 aromatic rings. The minimum absolute atomic E-state index is 0.0446. The van der Waals surface area contributed by atoms with Crippen LogP contribution in [0.1, 0.15) is 16.8 Å². The van der Waals surface area contributed by atoms with Gasteiger partial charge in [-0.25, -0.2) is 4.79 Å². The van der Waals surface area contributed by atoms with Crippen molar-refractivity contribution in [2.75, 3.05) is 5.32 Å². The summed E-state index contributed by atoms with van der Waals surface area (Å²) in [6.07, 6.45) is -1.40. The van der Waals surface area contributed by atoms with Crippen LogP contribution in [0.15, 0.2) is 67.0 Å². The molecule has 0 bridgehead atoms. The van der Waals surface area contributed by atoms with E-state index in [1.165, 1.54) is 0 Å². The number of H-pyrrole nitrogens is 1. The number of aromatic nitrogens is 2. The Kier molecular flexibility index (Phi) is 7.75. The molecule has 2 heterocycles. The number of fused-ring (bicyclic) bond motifs is 1. The van der Waals surface area contributed by atoms with Gasteiger partial charge in [0, 0.05) is 28.5 Å². The average molecular weight is 485 g/mol. The van der Waals surface area contributed by atoms with Crippen LogP contribution >= 0.6 is 0 Å². The summed E-state index contributed by atoms with van der Waals surface area (Å²) in [6.45, 7) is 3.95. The maximum absolute atomic E-state index is 12.6. The predicted molar refractivity (Wildman–Crippen MR) is 125 cm³/mol. The molecule has 0 radical (unpaired) electrons. The quantitative estimate of drug-likeness (QED) is 0.332. The number of rotatable bonds is 5.